The fourth-order valence-electron chi connectivity index (χ4n) is 7.12. The van der Waals surface area contributed by atoms with Crippen molar-refractivity contribution in [3.8, 4) is 0 Å². The zero-order chi connectivity index (χ0) is 35.2. The molecule has 4 unspecified atom stereocenters. The van der Waals surface area contributed by atoms with E-state index >= 15 is 0 Å². The molecule has 0 aromatic carbocycles. The molecule has 0 spiro atoms. The van der Waals surface area contributed by atoms with Crippen LogP contribution in [0.25, 0.3) is 0 Å². The number of ether oxygens (including phenoxy) is 1. The van der Waals surface area contributed by atoms with Crippen molar-refractivity contribution in [3.05, 3.63) is 0 Å². The molecule has 0 bridgehead atoms. The number of ketones is 1. The molecule has 4 atom stereocenters. The number of Topliss-reactive ketones (excluding diaryl/α,β-unsaturated/α-hetero) is 1. The van der Waals surface area contributed by atoms with Gasteiger partial charge < -0.3 is 30.3 Å². The van der Waals surface area contributed by atoms with Gasteiger partial charge in [0.05, 0.1) is 37.4 Å². The number of carboxylic acid groups (broad SMARTS) is 1. The van der Waals surface area contributed by atoms with E-state index in [0.29, 0.717) is 51.5 Å². The summed E-state index contributed by atoms with van der Waals surface area (Å²) in [5.41, 5.74) is 0. The molecule has 0 radical (unpaired) electrons. The number of rotatable bonds is 17. The summed E-state index contributed by atoms with van der Waals surface area (Å²) in [6, 6.07) is -0.238. The molecule has 3 rings (SSSR count). The van der Waals surface area contributed by atoms with E-state index < -0.39 is 11.9 Å². The number of carboxylic acids is 1. The molecule has 3 N–H and O–H groups in total. The van der Waals surface area contributed by atoms with Crippen molar-refractivity contribution >= 4 is 47.0 Å². The SMILES string of the molecule is COC1CCCC(C(=O)N(CCC(=O)O)CC(=O)N(CCC(C)C)CC(=O)NC2CCC(C(=O)CC(=O)NC3CCCCC3Cl)CC2)C1. The van der Waals surface area contributed by atoms with Crippen LogP contribution in [0, 0.1) is 17.8 Å². The Balaban J connectivity index is 1.52. The third kappa shape index (κ3) is 13.3. The maximum atomic E-state index is 13.6. The average Bonchev–Trinajstić information content (AvgIpc) is 3.05. The van der Waals surface area contributed by atoms with Crippen LogP contribution in [0.15, 0.2) is 0 Å². The van der Waals surface area contributed by atoms with E-state index in [4.69, 9.17) is 16.3 Å². The molecule has 13 heteroatoms. The zero-order valence-corrected chi connectivity index (χ0v) is 29.8. The molecule has 3 aliphatic rings. The first-order valence-corrected chi connectivity index (χ1v) is 18.4. The fourth-order valence-corrected chi connectivity index (χ4v) is 7.47. The number of methoxy groups -OCH3 is 1. The second-order valence-corrected chi connectivity index (χ2v) is 14.9. The van der Waals surface area contributed by atoms with Crippen LogP contribution < -0.4 is 10.6 Å². The highest BCUT2D eigenvalue weighted by Crippen LogP contribution is 2.29. The first kappa shape index (κ1) is 39.7. The lowest BCUT2D eigenvalue weighted by atomic mass is 9.82. The summed E-state index contributed by atoms with van der Waals surface area (Å²) in [4.78, 5) is 79.8. The largest absolute Gasteiger partial charge is 0.481 e. The van der Waals surface area contributed by atoms with Gasteiger partial charge in [0.2, 0.25) is 23.6 Å². The monoisotopic (exact) mass is 696 g/mol. The van der Waals surface area contributed by atoms with Gasteiger partial charge in [-0.15, -0.1) is 11.6 Å². The minimum absolute atomic E-state index is 0.0471. The molecule has 3 saturated carbocycles. The molecule has 3 fully saturated rings. The van der Waals surface area contributed by atoms with E-state index in [2.05, 4.69) is 10.6 Å². The number of aliphatic carboxylic acids is 1. The van der Waals surface area contributed by atoms with Crippen LogP contribution in [0.3, 0.4) is 0 Å². The summed E-state index contributed by atoms with van der Waals surface area (Å²) < 4.78 is 5.47. The van der Waals surface area contributed by atoms with Gasteiger partial charge in [0.1, 0.15) is 5.78 Å². The summed E-state index contributed by atoms with van der Waals surface area (Å²) in [6.07, 6.45) is 9.13. The summed E-state index contributed by atoms with van der Waals surface area (Å²) in [7, 11) is 1.61. The Morgan fingerprint density at radius 1 is 0.812 bits per heavy atom. The third-order valence-corrected chi connectivity index (χ3v) is 10.6. The highest BCUT2D eigenvalue weighted by molar-refractivity contribution is 6.21. The number of amides is 4. The first-order valence-electron chi connectivity index (χ1n) is 17.9. The Kier molecular flexibility index (Phi) is 16.6. The summed E-state index contributed by atoms with van der Waals surface area (Å²) >= 11 is 6.35. The molecule has 0 aliphatic heterocycles. The molecule has 12 nitrogen and oxygen atoms in total. The Hall–Kier alpha value is -2.73. The molecule has 0 aromatic heterocycles. The predicted octanol–water partition coefficient (Wildman–Crippen LogP) is 3.67. The molecule has 48 heavy (non-hydrogen) atoms. The van der Waals surface area contributed by atoms with Gasteiger partial charge in [0, 0.05) is 44.1 Å². The van der Waals surface area contributed by atoms with E-state index in [1.807, 2.05) is 13.8 Å². The number of carbonyl (C=O) groups is 6. The van der Waals surface area contributed by atoms with Crippen molar-refractivity contribution in [3.63, 3.8) is 0 Å². The minimum atomic E-state index is -1.06. The quantitative estimate of drug-likeness (QED) is 0.153. The Morgan fingerprint density at radius 3 is 2.17 bits per heavy atom. The molecular weight excluding hydrogens is 640 g/mol. The van der Waals surface area contributed by atoms with Crippen molar-refractivity contribution in [1.29, 1.82) is 0 Å². The lowest BCUT2D eigenvalue weighted by Gasteiger charge is -2.33. The standard InChI is InChI=1S/C35H57ClN4O8/c1-23(2)15-17-39(33(44)22-40(18-16-34(45)46)35(47)25-7-6-8-27(19-25)48-3)21-32(43)37-26-13-11-24(12-14-26)30(41)20-31(42)38-29-10-5-4-9-28(29)36/h23-29H,4-22H2,1-3H3,(H,37,43)(H,38,42)(H,45,46). The van der Waals surface area contributed by atoms with E-state index in [1.165, 1.54) is 9.80 Å². The van der Waals surface area contributed by atoms with Gasteiger partial charge in [-0.2, -0.15) is 0 Å². The maximum Gasteiger partial charge on any atom is 0.305 e. The summed E-state index contributed by atoms with van der Waals surface area (Å²) in [5.74, 6) is -2.69. The van der Waals surface area contributed by atoms with Crippen LogP contribution in [-0.4, -0.2) is 107 Å². The Labute approximate surface area is 290 Å². The van der Waals surface area contributed by atoms with Crippen LogP contribution in [0.2, 0.25) is 0 Å². The second kappa shape index (κ2) is 20.1. The molecule has 3 aliphatic carbocycles. The number of nitrogens with one attached hydrogen (secondary N) is 2. The summed E-state index contributed by atoms with van der Waals surface area (Å²) in [6.45, 7) is 3.82. The van der Waals surface area contributed by atoms with Crippen molar-refractivity contribution in [2.75, 3.05) is 33.3 Å². The number of carbonyl (C=O) groups excluding carboxylic acids is 5. The highest BCUT2D eigenvalue weighted by Gasteiger charge is 2.34. The summed E-state index contributed by atoms with van der Waals surface area (Å²) in [5, 5.41) is 15.2. The smallest absolute Gasteiger partial charge is 0.305 e. The number of alkyl halides is 1. The molecule has 4 amide bonds. The molecule has 272 valence electrons. The van der Waals surface area contributed by atoms with Crippen LogP contribution in [0.4, 0.5) is 0 Å². The van der Waals surface area contributed by atoms with Crippen LogP contribution in [0.1, 0.15) is 110 Å². The molecule has 0 heterocycles. The van der Waals surface area contributed by atoms with E-state index in [-0.39, 0.29) is 97.3 Å². The van der Waals surface area contributed by atoms with E-state index in [1.54, 1.807) is 7.11 Å². The van der Waals surface area contributed by atoms with Crippen molar-refractivity contribution in [1.82, 2.24) is 20.4 Å². The van der Waals surface area contributed by atoms with Crippen molar-refractivity contribution in [2.45, 2.75) is 134 Å². The van der Waals surface area contributed by atoms with Gasteiger partial charge in [-0.25, -0.2) is 0 Å². The second-order valence-electron chi connectivity index (χ2n) is 14.4. The lowest BCUT2D eigenvalue weighted by molar-refractivity contribution is -0.147. The minimum Gasteiger partial charge on any atom is -0.481 e. The Morgan fingerprint density at radius 2 is 1.52 bits per heavy atom. The Bertz CT molecular complexity index is 1110. The van der Waals surface area contributed by atoms with Crippen LogP contribution in [-0.2, 0) is 33.5 Å². The van der Waals surface area contributed by atoms with Gasteiger partial charge in [-0.3, -0.25) is 28.8 Å². The average molecular weight is 697 g/mol. The molecule has 0 aromatic rings. The zero-order valence-electron chi connectivity index (χ0n) is 29.1. The van der Waals surface area contributed by atoms with Crippen molar-refractivity contribution in [2.24, 2.45) is 17.8 Å². The van der Waals surface area contributed by atoms with Gasteiger partial charge in [0.25, 0.3) is 0 Å². The van der Waals surface area contributed by atoms with Crippen LogP contribution in [0.5, 0.6) is 0 Å². The fraction of sp³-hybridized carbons (Fsp3) is 0.829. The van der Waals surface area contributed by atoms with E-state index in [9.17, 15) is 33.9 Å². The van der Waals surface area contributed by atoms with Gasteiger partial charge in [-0.05, 0) is 70.1 Å². The third-order valence-electron chi connectivity index (χ3n) is 10.1. The number of nitrogens with zero attached hydrogens (tertiary/aromatic N) is 2. The van der Waals surface area contributed by atoms with Crippen LogP contribution >= 0.6 is 11.6 Å². The molecule has 0 saturated heterocycles. The predicted molar refractivity (Wildman–Crippen MR) is 181 cm³/mol. The first-order chi connectivity index (χ1) is 22.9. The van der Waals surface area contributed by atoms with Gasteiger partial charge in [-0.1, -0.05) is 33.1 Å². The normalized spacial score (nSPS) is 25.9. The number of hydrogen-bond acceptors (Lipinski definition) is 7. The van der Waals surface area contributed by atoms with E-state index in [0.717, 1.165) is 38.5 Å². The van der Waals surface area contributed by atoms with Gasteiger partial charge >= 0.3 is 5.97 Å². The van der Waals surface area contributed by atoms with Crippen molar-refractivity contribution < 1.29 is 38.6 Å². The maximum absolute atomic E-state index is 13.6. The highest BCUT2D eigenvalue weighted by atomic mass is 35.5. The number of halogens is 1. The number of hydrogen-bond donors (Lipinski definition) is 3. The topological polar surface area (TPSA) is 162 Å². The van der Waals surface area contributed by atoms with Gasteiger partial charge in [0.15, 0.2) is 0 Å². The molecular formula is C35H57ClN4O8. The lowest BCUT2D eigenvalue weighted by Crippen LogP contribution is -2.50.